The van der Waals surface area contributed by atoms with Gasteiger partial charge in [-0.05, 0) is 63.8 Å². The summed E-state index contributed by atoms with van der Waals surface area (Å²) in [6.07, 6.45) is 3.56. The predicted octanol–water partition coefficient (Wildman–Crippen LogP) is 6.51. The van der Waals surface area contributed by atoms with Gasteiger partial charge in [-0.1, -0.05) is 18.2 Å². The van der Waals surface area contributed by atoms with Gasteiger partial charge in [0.15, 0.2) is 0 Å². The van der Waals surface area contributed by atoms with Crippen LogP contribution in [0, 0.1) is 0 Å². The highest BCUT2D eigenvalue weighted by Crippen LogP contribution is 2.36. The number of aromatic amines is 2. The number of H-pyrrole nitrogens is 2. The molecule has 2 aromatic carbocycles. The molecule has 31 heavy (non-hydrogen) atoms. The van der Waals surface area contributed by atoms with Crippen molar-refractivity contribution < 1.29 is 4.74 Å². The topological polar surface area (TPSA) is 66.6 Å². The van der Waals surface area contributed by atoms with E-state index in [1.165, 1.54) is 16.5 Å². The SMILES string of the molecule is COc1cncc(-c2ccc3[nH]nc(-c4cc5c(-c6ccsc6)cccc5[nH]4)c3c2)c1. The third-order valence-electron chi connectivity index (χ3n) is 5.60. The van der Waals surface area contributed by atoms with Gasteiger partial charge in [0.1, 0.15) is 11.4 Å². The van der Waals surface area contributed by atoms with E-state index in [-0.39, 0.29) is 0 Å². The van der Waals surface area contributed by atoms with Crippen LogP contribution in [0.4, 0.5) is 0 Å². The van der Waals surface area contributed by atoms with Crippen LogP contribution in [0.1, 0.15) is 0 Å². The number of hydrogen-bond donors (Lipinski definition) is 2. The lowest BCUT2D eigenvalue weighted by molar-refractivity contribution is 0.413. The van der Waals surface area contributed by atoms with Crippen molar-refractivity contribution in [3.8, 4) is 39.4 Å². The fourth-order valence-corrected chi connectivity index (χ4v) is 4.70. The molecule has 0 saturated heterocycles. The molecule has 0 aliphatic carbocycles. The smallest absolute Gasteiger partial charge is 0.137 e. The second kappa shape index (κ2) is 7.11. The molecule has 0 saturated carbocycles. The van der Waals surface area contributed by atoms with Crippen molar-refractivity contribution in [2.75, 3.05) is 7.11 Å². The summed E-state index contributed by atoms with van der Waals surface area (Å²) in [6.45, 7) is 0. The van der Waals surface area contributed by atoms with Crippen molar-refractivity contribution in [2.45, 2.75) is 0 Å². The van der Waals surface area contributed by atoms with Gasteiger partial charge in [0.25, 0.3) is 0 Å². The van der Waals surface area contributed by atoms with Crippen LogP contribution < -0.4 is 4.74 Å². The first-order valence-corrected chi connectivity index (χ1v) is 10.9. The van der Waals surface area contributed by atoms with Gasteiger partial charge < -0.3 is 9.72 Å². The van der Waals surface area contributed by atoms with E-state index < -0.39 is 0 Å². The summed E-state index contributed by atoms with van der Waals surface area (Å²) in [4.78, 5) is 7.85. The van der Waals surface area contributed by atoms with E-state index in [1.807, 2.05) is 12.3 Å². The first-order valence-electron chi connectivity index (χ1n) is 9.92. The largest absolute Gasteiger partial charge is 0.495 e. The van der Waals surface area contributed by atoms with Gasteiger partial charge in [0.05, 0.1) is 24.5 Å². The lowest BCUT2D eigenvalue weighted by Crippen LogP contribution is -1.86. The van der Waals surface area contributed by atoms with Gasteiger partial charge in [-0.2, -0.15) is 16.4 Å². The van der Waals surface area contributed by atoms with Crippen LogP contribution in [-0.4, -0.2) is 27.3 Å². The highest BCUT2D eigenvalue weighted by molar-refractivity contribution is 7.08. The average molecular weight is 423 g/mol. The minimum absolute atomic E-state index is 0.738. The molecule has 150 valence electrons. The summed E-state index contributed by atoms with van der Waals surface area (Å²) >= 11 is 1.71. The van der Waals surface area contributed by atoms with Crippen LogP contribution in [0.2, 0.25) is 0 Å². The quantitative estimate of drug-likeness (QED) is 0.340. The van der Waals surface area contributed by atoms with E-state index >= 15 is 0 Å². The van der Waals surface area contributed by atoms with Gasteiger partial charge in [0.2, 0.25) is 0 Å². The second-order valence-electron chi connectivity index (χ2n) is 7.41. The molecule has 6 aromatic rings. The maximum Gasteiger partial charge on any atom is 0.137 e. The molecule has 2 N–H and O–H groups in total. The molecule has 0 aliphatic heterocycles. The standard InChI is InChI=1S/C25H18N4OS/c1-30-18-9-17(12-26-13-18)15-5-6-23-21(10-15)25(29-28-23)24-11-20-19(16-7-8-31-14-16)3-2-4-22(20)27-24/h2-14,27H,1H3,(H,28,29). The van der Waals surface area contributed by atoms with E-state index in [9.17, 15) is 0 Å². The van der Waals surface area contributed by atoms with Gasteiger partial charge in [-0.3, -0.25) is 10.1 Å². The maximum absolute atomic E-state index is 5.33. The molecular weight excluding hydrogens is 404 g/mol. The average Bonchev–Trinajstić information content (AvgIpc) is 3.57. The highest BCUT2D eigenvalue weighted by Gasteiger charge is 2.14. The van der Waals surface area contributed by atoms with E-state index in [0.29, 0.717) is 0 Å². The molecule has 0 spiro atoms. The number of hydrogen-bond acceptors (Lipinski definition) is 4. The maximum atomic E-state index is 5.33. The van der Waals surface area contributed by atoms with Crippen LogP contribution >= 0.6 is 11.3 Å². The third-order valence-corrected chi connectivity index (χ3v) is 6.28. The fraction of sp³-hybridized carbons (Fsp3) is 0.0400. The third kappa shape index (κ3) is 3.00. The fourth-order valence-electron chi connectivity index (χ4n) is 4.04. The molecule has 6 heteroatoms. The Morgan fingerprint density at radius 2 is 1.84 bits per heavy atom. The highest BCUT2D eigenvalue weighted by atomic mass is 32.1. The summed E-state index contributed by atoms with van der Waals surface area (Å²) < 4.78 is 5.33. The molecule has 0 unspecified atom stereocenters. The minimum Gasteiger partial charge on any atom is -0.495 e. The van der Waals surface area contributed by atoms with Gasteiger partial charge in [0, 0.05) is 28.0 Å². The number of pyridine rings is 1. The summed E-state index contributed by atoms with van der Waals surface area (Å²) in [6, 6.07) is 19.0. The van der Waals surface area contributed by atoms with Crippen LogP contribution in [0.25, 0.3) is 55.4 Å². The molecule has 0 fully saturated rings. The molecule has 6 rings (SSSR count). The van der Waals surface area contributed by atoms with Crippen molar-refractivity contribution >= 4 is 33.1 Å². The van der Waals surface area contributed by atoms with Crippen molar-refractivity contribution in [3.05, 3.63) is 77.8 Å². The minimum atomic E-state index is 0.738. The number of aromatic nitrogens is 4. The predicted molar refractivity (Wildman–Crippen MR) is 126 cm³/mol. The lowest BCUT2D eigenvalue weighted by Gasteiger charge is -2.04. The Morgan fingerprint density at radius 1 is 0.871 bits per heavy atom. The summed E-state index contributed by atoms with van der Waals surface area (Å²) in [5.41, 5.74) is 8.52. The van der Waals surface area contributed by atoms with E-state index in [2.05, 4.69) is 79.5 Å². The molecule has 0 radical (unpaired) electrons. The Kier molecular flexibility index (Phi) is 4.11. The Bertz CT molecular complexity index is 1530. The molecule has 0 bridgehead atoms. The van der Waals surface area contributed by atoms with Gasteiger partial charge in [-0.15, -0.1) is 0 Å². The number of benzene rings is 2. The Hall–Kier alpha value is -3.90. The summed E-state index contributed by atoms with van der Waals surface area (Å²) in [5, 5.41) is 14.3. The van der Waals surface area contributed by atoms with E-state index in [4.69, 9.17) is 4.74 Å². The second-order valence-corrected chi connectivity index (χ2v) is 8.19. The number of nitrogens with one attached hydrogen (secondary N) is 2. The molecule has 0 atom stereocenters. The Balaban J connectivity index is 1.50. The number of nitrogens with zero attached hydrogens (tertiary/aromatic N) is 2. The Morgan fingerprint density at radius 3 is 2.71 bits per heavy atom. The summed E-state index contributed by atoms with van der Waals surface area (Å²) in [5.74, 6) is 0.738. The number of fused-ring (bicyclic) bond motifs is 2. The molecule has 4 aromatic heterocycles. The normalized spacial score (nSPS) is 11.4. The number of rotatable bonds is 4. The zero-order chi connectivity index (χ0) is 20.8. The zero-order valence-electron chi connectivity index (χ0n) is 16.7. The molecule has 0 amide bonds. The van der Waals surface area contributed by atoms with Crippen LogP contribution in [-0.2, 0) is 0 Å². The van der Waals surface area contributed by atoms with Gasteiger partial charge in [-0.25, -0.2) is 0 Å². The summed E-state index contributed by atoms with van der Waals surface area (Å²) in [7, 11) is 1.65. The first kappa shape index (κ1) is 17.9. The molecular formula is C25H18N4OS. The molecule has 5 nitrogen and oxygen atoms in total. The van der Waals surface area contributed by atoms with Crippen molar-refractivity contribution in [2.24, 2.45) is 0 Å². The van der Waals surface area contributed by atoms with E-state index in [1.54, 1.807) is 24.6 Å². The number of thiophene rings is 1. The zero-order valence-corrected chi connectivity index (χ0v) is 17.5. The number of ether oxygens (including phenoxy) is 1. The van der Waals surface area contributed by atoms with Crippen molar-refractivity contribution in [1.82, 2.24) is 20.2 Å². The monoisotopic (exact) mass is 422 g/mol. The lowest BCUT2D eigenvalue weighted by atomic mass is 10.0. The van der Waals surface area contributed by atoms with Crippen LogP contribution in [0.15, 0.2) is 77.8 Å². The number of methoxy groups -OCH3 is 1. The van der Waals surface area contributed by atoms with Gasteiger partial charge >= 0.3 is 0 Å². The molecule has 0 aliphatic rings. The van der Waals surface area contributed by atoms with E-state index in [0.717, 1.165) is 44.7 Å². The van der Waals surface area contributed by atoms with Crippen LogP contribution in [0.3, 0.4) is 0 Å². The van der Waals surface area contributed by atoms with Crippen molar-refractivity contribution in [3.63, 3.8) is 0 Å². The Labute approximate surface area is 182 Å². The van der Waals surface area contributed by atoms with Crippen molar-refractivity contribution in [1.29, 1.82) is 0 Å². The first-order chi connectivity index (χ1) is 15.3. The molecule has 4 heterocycles. The van der Waals surface area contributed by atoms with Crippen LogP contribution in [0.5, 0.6) is 5.75 Å².